The van der Waals surface area contributed by atoms with Gasteiger partial charge in [0.15, 0.2) is 0 Å². The van der Waals surface area contributed by atoms with E-state index in [1.165, 1.54) is 18.5 Å². The third-order valence-electron chi connectivity index (χ3n) is 2.86. The Hall–Kier alpha value is -1.09. The van der Waals surface area contributed by atoms with Gasteiger partial charge < -0.3 is 10.2 Å². The molecule has 0 unspecified atom stereocenters. The molecule has 0 amide bonds. The van der Waals surface area contributed by atoms with Crippen LogP contribution in [0.5, 0.6) is 0 Å². The number of nitrogens with zero attached hydrogens (tertiary/aromatic N) is 2. The van der Waals surface area contributed by atoms with E-state index in [0.29, 0.717) is 0 Å². The zero-order valence-electron chi connectivity index (χ0n) is 9.53. The van der Waals surface area contributed by atoms with Crippen molar-refractivity contribution in [2.75, 3.05) is 18.5 Å². The summed E-state index contributed by atoms with van der Waals surface area (Å²) in [4.78, 5) is 6.59. The van der Waals surface area contributed by atoms with Crippen molar-refractivity contribution in [2.45, 2.75) is 32.4 Å². The Kier molecular flexibility index (Phi) is 3.21. The summed E-state index contributed by atoms with van der Waals surface area (Å²) in [6.07, 6.45) is 4.55. The predicted octanol–water partition coefficient (Wildman–Crippen LogP) is 1.79. The predicted molar refractivity (Wildman–Crippen MR) is 63.0 cm³/mol. The van der Waals surface area contributed by atoms with Gasteiger partial charge in [0.2, 0.25) is 0 Å². The van der Waals surface area contributed by atoms with Crippen LogP contribution in [0.25, 0.3) is 0 Å². The lowest BCUT2D eigenvalue weighted by Gasteiger charge is -2.17. The van der Waals surface area contributed by atoms with Crippen molar-refractivity contribution in [2.24, 2.45) is 0 Å². The van der Waals surface area contributed by atoms with Crippen molar-refractivity contribution in [1.29, 1.82) is 0 Å². The summed E-state index contributed by atoms with van der Waals surface area (Å²) in [5, 5.41) is 3.48. The monoisotopic (exact) mass is 205 g/mol. The minimum Gasteiger partial charge on any atom is -0.375 e. The Morgan fingerprint density at radius 1 is 1.53 bits per heavy atom. The summed E-state index contributed by atoms with van der Waals surface area (Å²) in [5.41, 5.74) is 2.39. The van der Waals surface area contributed by atoms with E-state index in [1.807, 2.05) is 6.20 Å². The van der Waals surface area contributed by atoms with Crippen LogP contribution in [0.4, 0.5) is 5.69 Å². The van der Waals surface area contributed by atoms with Gasteiger partial charge in [0.1, 0.15) is 0 Å². The van der Waals surface area contributed by atoms with Crippen LogP contribution in [-0.2, 0) is 6.54 Å². The molecule has 1 fully saturated rings. The van der Waals surface area contributed by atoms with Gasteiger partial charge in [-0.15, -0.1) is 0 Å². The second-order valence-corrected chi connectivity index (χ2v) is 4.17. The van der Waals surface area contributed by atoms with Gasteiger partial charge in [-0.1, -0.05) is 0 Å². The molecule has 1 aromatic rings. The lowest BCUT2D eigenvalue weighted by Crippen LogP contribution is -2.18. The van der Waals surface area contributed by atoms with Crippen LogP contribution in [-0.4, -0.2) is 24.6 Å². The number of hydrogen-bond acceptors (Lipinski definition) is 3. The first-order chi connectivity index (χ1) is 7.29. The number of rotatable bonds is 5. The molecule has 3 nitrogen and oxygen atoms in total. The van der Waals surface area contributed by atoms with Crippen molar-refractivity contribution < 1.29 is 0 Å². The molecule has 0 atom stereocenters. The molecule has 1 N–H and O–H groups in total. The van der Waals surface area contributed by atoms with E-state index in [9.17, 15) is 0 Å². The highest BCUT2D eigenvalue weighted by Crippen LogP contribution is 2.19. The molecule has 2 rings (SSSR count). The molecular weight excluding hydrogens is 186 g/mol. The maximum absolute atomic E-state index is 4.37. The van der Waals surface area contributed by atoms with Crippen LogP contribution in [0.3, 0.4) is 0 Å². The van der Waals surface area contributed by atoms with E-state index in [2.05, 4.69) is 41.3 Å². The van der Waals surface area contributed by atoms with Crippen LogP contribution in [0, 0.1) is 0 Å². The van der Waals surface area contributed by atoms with E-state index in [-0.39, 0.29) is 0 Å². The van der Waals surface area contributed by atoms with E-state index in [0.717, 1.165) is 24.8 Å². The van der Waals surface area contributed by atoms with Crippen molar-refractivity contribution >= 4 is 5.69 Å². The molecule has 1 heterocycles. The molecule has 0 aliphatic heterocycles. The first kappa shape index (κ1) is 10.4. The molecule has 0 radical (unpaired) electrons. The second-order valence-electron chi connectivity index (χ2n) is 4.17. The normalized spacial score (nSPS) is 15.3. The summed E-state index contributed by atoms with van der Waals surface area (Å²) in [7, 11) is 2.10. The van der Waals surface area contributed by atoms with Crippen LogP contribution >= 0.6 is 0 Å². The Bertz CT molecular complexity index is 320. The summed E-state index contributed by atoms with van der Waals surface area (Å²) >= 11 is 0. The third kappa shape index (κ3) is 2.93. The van der Waals surface area contributed by atoms with E-state index < -0.39 is 0 Å². The van der Waals surface area contributed by atoms with Crippen LogP contribution in [0.2, 0.25) is 0 Å². The zero-order chi connectivity index (χ0) is 10.7. The summed E-state index contributed by atoms with van der Waals surface area (Å²) < 4.78 is 0. The number of anilines is 1. The SMILES string of the molecule is CCN(C)c1ccnc(CNC2CC2)c1. The first-order valence-electron chi connectivity index (χ1n) is 5.69. The largest absolute Gasteiger partial charge is 0.375 e. The molecule has 0 bridgehead atoms. The fourth-order valence-electron chi connectivity index (χ4n) is 1.52. The van der Waals surface area contributed by atoms with Gasteiger partial charge in [0.25, 0.3) is 0 Å². The Morgan fingerprint density at radius 3 is 3.00 bits per heavy atom. The van der Waals surface area contributed by atoms with Gasteiger partial charge in [-0.25, -0.2) is 0 Å². The first-order valence-corrected chi connectivity index (χ1v) is 5.69. The smallest absolute Gasteiger partial charge is 0.0562 e. The molecule has 1 saturated carbocycles. The third-order valence-corrected chi connectivity index (χ3v) is 2.86. The summed E-state index contributed by atoms with van der Waals surface area (Å²) in [6.45, 7) is 4.08. The fraction of sp³-hybridized carbons (Fsp3) is 0.583. The number of aromatic nitrogens is 1. The molecule has 3 heteroatoms. The van der Waals surface area contributed by atoms with Crippen molar-refractivity contribution in [1.82, 2.24) is 10.3 Å². The van der Waals surface area contributed by atoms with Crippen LogP contribution in [0.1, 0.15) is 25.5 Å². The van der Waals surface area contributed by atoms with Crippen molar-refractivity contribution in [3.8, 4) is 0 Å². The summed E-state index contributed by atoms with van der Waals surface area (Å²) in [5.74, 6) is 0. The van der Waals surface area contributed by atoms with E-state index >= 15 is 0 Å². The topological polar surface area (TPSA) is 28.2 Å². The van der Waals surface area contributed by atoms with Gasteiger partial charge in [0.05, 0.1) is 5.69 Å². The van der Waals surface area contributed by atoms with E-state index in [1.54, 1.807) is 0 Å². The average molecular weight is 205 g/mol. The van der Waals surface area contributed by atoms with Gasteiger partial charge in [-0.3, -0.25) is 4.98 Å². The van der Waals surface area contributed by atoms with Crippen molar-refractivity contribution in [3.05, 3.63) is 24.0 Å². The minimum absolute atomic E-state index is 0.749. The van der Waals surface area contributed by atoms with Gasteiger partial charge >= 0.3 is 0 Å². The number of pyridine rings is 1. The van der Waals surface area contributed by atoms with Crippen LogP contribution in [0.15, 0.2) is 18.3 Å². The molecule has 82 valence electrons. The molecule has 1 aromatic heterocycles. The maximum atomic E-state index is 4.37. The Labute approximate surface area is 91.5 Å². The molecule has 15 heavy (non-hydrogen) atoms. The highest BCUT2D eigenvalue weighted by molar-refractivity contribution is 5.45. The zero-order valence-corrected chi connectivity index (χ0v) is 9.53. The van der Waals surface area contributed by atoms with Gasteiger partial charge in [0, 0.05) is 38.1 Å². The van der Waals surface area contributed by atoms with Crippen molar-refractivity contribution in [3.63, 3.8) is 0 Å². The molecule has 0 aromatic carbocycles. The quantitative estimate of drug-likeness (QED) is 0.794. The lowest BCUT2D eigenvalue weighted by atomic mass is 10.3. The average Bonchev–Trinajstić information content (AvgIpc) is 3.09. The highest BCUT2D eigenvalue weighted by atomic mass is 15.1. The van der Waals surface area contributed by atoms with Crippen LogP contribution < -0.4 is 10.2 Å². The number of nitrogens with one attached hydrogen (secondary N) is 1. The number of hydrogen-bond donors (Lipinski definition) is 1. The maximum Gasteiger partial charge on any atom is 0.0562 e. The molecule has 0 saturated heterocycles. The molecule has 1 aliphatic carbocycles. The molecular formula is C12H19N3. The minimum atomic E-state index is 0.749. The Morgan fingerprint density at radius 2 is 2.33 bits per heavy atom. The molecule has 0 spiro atoms. The fourth-order valence-corrected chi connectivity index (χ4v) is 1.52. The highest BCUT2D eigenvalue weighted by Gasteiger charge is 2.20. The molecule has 1 aliphatic rings. The summed E-state index contributed by atoms with van der Waals surface area (Å²) in [6, 6.07) is 4.97. The lowest BCUT2D eigenvalue weighted by molar-refractivity contribution is 0.674. The van der Waals surface area contributed by atoms with Gasteiger partial charge in [-0.2, -0.15) is 0 Å². The van der Waals surface area contributed by atoms with E-state index in [4.69, 9.17) is 0 Å². The van der Waals surface area contributed by atoms with Gasteiger partial charge in [-0.05, 0) is 31.9 Å². The standard InChI is InChI=1S/C12H19N3/c1-3-15(2)12-6-7-13-11(8-12)9-14-10-4-5-10/h6-8,10,14H,3-5,9H2,1-2H3. The Balaban J connectivity index is 1.97. The second kappa shape index (κ2) is 4.62.